The summed E-state index contributed by atoms with van der Waals surface area (Å²) in [5.41, 5.74) is 0.873. The molecule has 2 aromatic carbocycles. The summed E-state index contributed by atoms with van der Waals surface area (Å²) >= 11 is 0. The van der Waals surface area contributed by atoms with Crippen LogP contribution >= 0.6 is 7.82 Å². The average molecular weight is 490 g/mol. The lowest BCUT2D eigenvalue weighted by Crippen LogP contribution is -2.20. The number of methoxy groups -OCH3 is 1. The molecule has 0 amide bonds. The molecule has 0 unspecified atom stereocenters. The number of benzene rings is 2. The first-order valence-corrected chi connectivity index (χ1v) is 12.7. The molecular formula is C24H28FN2O6P. The number of fused-ring (bicyclic) bond motifs is 1. The lowest BCUT2D eigenvalue weighted by molar-refractivity contribution is 0.156. The summed E-state index contributed by atoms with van der Waals surface area (Å²) in [7, 11) is -3.29. The first-order chi connectivity index (χ1) is 16.3. The predicted molar refractivity (Wildman–Crippen MR) is 128 cm³/mol. The van der Waals surface area contributed by atoms with Crippen molar-refractivity contribution in [2.75, 3.05) is 19.0 Å². The van der Waals surface area contributed by atoms with Gasteiger partial charge in [-0.1, -0.05) is 31.4 Å². The van der Waals surface area contributed by atoms with Crippen molar-refractivity contribution in [3.05, 3.63) is 58.6 Å². The van der Waals surface area contributed by atoms with Crippen LogP contribution < -0.4 is 15.5 Å². The number of nitrogens with one attached hydrogen (secondary N) is 1. The Bertz CT molecular complexity index is 1270. The fourth-order valence-electron chi connectivity index (χ4n) is 4.50. The van der Waals surface area contributed by atoms with Crippen molar-refractivity contribution >= 4 is 24.4 Å². The Morgan fingerprint density at radius 3 is 2.47 bits per heavy atom. The fourth-order valence-corrected chi connectivity index (χ4v) is 4.77. The van der Waals surface area contributed by atoms with E-state index < -0.39 is 25.8 Å². The minimum Gasteiger partial charge on any atom is -0.497 e. The Kier molecular flexibility index (Phi) is 7.38. The number of phosphoric ester groups is 1. The van der Waals surface area contributed by atoms with Crippen LogP contribution in [-0.4, -0.2) is 28.0 Å². The Labute approximate surface area is 196 Å². The topological polar surface area (TPSA) is 110 Å². The summed E-state index contributed by atoms with van der Waals surface area (Å²) < 4.78 is 37.7. The van der Waals surface area contributed by atoms with Gasteiger partial charge in [0.1, 0.15) is 18.3 Å². The van der Waals surface area contributed by atoms with Crippen LogP contribution in [0.25, 0.3) is 22.0 Å². The van der Waals surface area contributed by atoms with Crippen LogP contribution in [0.5, 0.6) is 5.75 Å². The van der Waals surface area contributed by atoms with Crippen molar-refractivity contribution in [1.29, 1.82) is 0 Å². The van der Waals surface area contributed by atoms with Gasteiger partial charge in [0.05, 0.1) is 23.7 Å². The molecule has 1 fully saturated rings. The van der Waals surface area contributed by atoms with Crippen molar-refractivity contribution in [3.8, 4) is 16.9 Å². The number of aromatic nitrogens is 1. The highest BCUT2D eigenvalue weighted by Gasteiger charge is 2.21. The van der Waals surface area contributed by atoms with Crippen LogP contribution in [0.1, 0.15) is 32.1 Å². The van der Waals surface area contributed by atoms with Crippen molar-refractivity contribution in [2.45, 2.75) is 38.8 Å². The maximum absolute atomic E-state index is 15.0. The first kappa shape index (κ1) is 24.4. The van der Waals surface area contributed by atoms with E-state index in [1.165, 1.54) is 43.2 Å². The van der Waals surface area contributed by atoms with Gasteiger partial charge >= 0.3 is 7.82 Å². The van der Waals surface area contributed by atoms with Crippen molar-refractivity contribution in [3.63, 3.8) is 0 Å². The summed E-state index contributed by atoms with van der Waals surface area (Å²) in [6, 6.07) is 9.46. The third-order valence-corrected chi connectivity index (χ3v) is 6.69. The standard InChI is InChI=1S/C24H28FN2O6P/c1-32-18-9-7-17(8-10-18)19-14-27(15-33-34(29,30)31)23-21(12-11-20(25)22(23)24(19)28)26-13-16-5-3-2-4-6-16/h7-12,14,16,26H,2-6,13,15H2,1H3,(H2,29,30,31). The van der Waals surface area contributed by atoms with Crippen LogP contribution in [0, 0.1) is 11.7 Å². The lowest BCUT2D eigenvalue weighted by atomic mass is 9.89. The van der Waals surface area contributed by atoms with Gasteiger partial charge in [0.15, 0.2) is 5.43 Å². The van der Waals surface area contributed by atoms with Crippen LogP contribution in [0.3, 0.4) is 0 Å². The fraction of sp³-hybridized carbons (Fsp3) is 0.375. The van der Waals surface area contributed by atoms with Gasteiger partial charge in [-0.15, -0.1) is 0 Å². The molecule has 1 heterocycles. The van der Waals surface area contributed by atoms with Gasteiger partial charge in [0, 0.05) is 18.3 Å². The monoisotopic (exact) mass is 490 g/mol. The Morgan fingerprint density at radius 1 is 1.12 bits per heavy atom. The van der Waals surface area contributed by atoms with Crippen LogP contribution in [-0.2, 0) is 15.8 Å². The quantitative estimate of drug-likeness (QED) is 0.386. The van der Waals surface area contributed by atoms with E-state index in [0.717, 1.165) is 12.8 Å². The number of rotatable bonds is 8. The van der Waals surface area contributed by atoms with Crippen LogP contribution in [0.2, 0.25) is 0 Å². The number of hydrogen-bond donors (Lipinski definition) is 3. The second kappa shape index (κ2) is 10.3. The SMILES string of the molecule is COc1ccc(-c2cn(COP(=O)(O)O)c3c(NCC4CCCCC4)ccc(F)c3c2=O)cc1. The van der Waals surface area contributed by atoms with Gasteiger partial charge < -0.3 is 24.4 Å². The molecule has 1 aromatic heterocycles. The van der Waals surface area contributed by atoms with Crippen LogP contribution in [0.4, 0.5) is 10.1 Å². The zero-order valence-corrected chi connectivity index (χ0v) is 19.8. The van der Waals surface area contributed by atoms with E-state index in [1.54, 1.807) is 30.3 Å². The van der Waals surface area contributed by atoms with Crippen molar-refractivity contribution in [2.24, 2.45) is 5.92 Å². The zero-order chi connectivity index (χ0) is 24.3. The minimum atomic E-state index is -4.81. The molecule has 3 aromatic rings. The summed E-state index contributed by atoms with van der Waals surface area (Å²) in [5, 5.41) is 3.16. The van der Waals surface area contributed by atoms with Crippen LogP contribution in [0.15, 0.2) is 47.4 Å². The zero-order valence-electron chi connectivity index (χ0n) is 18.9. The van der Waals surface area contributed by atoms with E-state index in [0.29, 0.717) is 29.5 Å². The van der Waals surface area contributed by atoms with Gasteiger partial charge in [-0.25, -0.2) is 8.96 Å². The number of anilines is 1. The highest BCUT2D eigenvalue weighted by Crippen LogP contribution is 2.37. The van der Waals surface area contributed by atoms with E-state index in [4.69, 9.17) is 9.26 Å². The van der Waals surface area contributed by atoms with E-state index >= 15 is 4.39 Å². The molecule has 1 saturated carbocycles. The molecule has 4 rings (SSSR count). The molecule has 10 heteroatoms. The van der Waals surface area contributed by atoms with Crippen molar-refractivity contribution < 1.29 is 28.0 Å². The van der Waals surface area contributed by atoms with Crippen molar-refractivity contribution in [1.82, 2.24) is 4.57 Å². The first-order valence-electron chi connectivity index (χ1n) is 11.2. The molecule has 0 spiro atoms. The van der Waals surface area contributed by atoms with Gasteiger partial charge in [0.2, 0.25) is 0 Å². The number of hydrogen-bond acceptors (Lipinski definition) is 5. The van der Waals surface area contributed by atoms with E-state index in [1.807, 2.05) is 0 Å². The average Bonchev–Trinajstić information content (AvgIpc) is 2.83. The molecule has 1 aliphatic rings. The second-order valence-electron chi connectivity index (χ2n) is 8.52. The number of halogens is 1. The molecule has 182 valence electrons. The van der Waals surface area contributed by atoms with Gasteiger partial charge in [-0.3, -0.25) is 9.32 Å². The third-order valence-electron chi connectivity index (χ3n) is 6.24. The highest BCUT2D eigenvalue weighted by atomic mass is 31.2. The number of phosphoric acid groups is 1. The Hall–Kier alpha value is -2.71. The number of ether oxygens (including phenoxy) is 1. The molecule has 0 radical (unpaired) electrons. The maximum Gasteiger partial charge on any atom is 0.471 e. The second-order valence-corrected chi connectivity index (χ2v) is 9.76. The molecule has 0 saturated heterocycles. The normalized spacial score (nSPS) is 14.9. The highest BCUT2D eigenvalue weighted by molar-refractivity contribution is 7.46. The van der Waals surface area contributed by atoms with E-state index in [-0.39, 0.29) is 16.5 Å². The third kappa shape index (κ3) is 5.50. The predicted octanol–water partition coefficient (Wildman–Crippen LogP) is 4.88. The smallest absolute Gasteiger partial charge is 0.471 e. The molecular weight excluding hydrogens is 462 g/mol. The Morgan fingerprint density at radius 2 is 1.82 bits per heavy atom. The number of nitrogens with zero attached hydrogens (tertiary/aromatic N) is 1. The largest absolute Gasteiger partial charge is 0.497 e. The molecule has 0 bridgehead atoms. The molecule has 0 atom stereocenters. The van der Waals surface area contributed by atoms with E-state index in [9.17, 15) is 19.1 Å². The Balaban J connectivity index is 1.83. The lowest BCUT2D eigenvalue weighted by Gasteiger charge is -2.23. The molecule has 34 heavy (non-hydrogen) atoms. The molecule has 8 nitrogen and oxygen atoms in total. The summed E-state index contributed by atoms with van der Waals surface area (Å²) in [5.74, 6) is 0.345. The number of pyridine rings is 1. The summed E-state index contributed by atoms with van der Waals surface area (Å²) in [4.78, 5) is 31.9. The maximum atomic E-state index is 15.0. The summed E-state index contributed by atoms with van der Waals surface area (Å²) in [6.07, 6.45) is 7.20. The van der Waals surface area contributed by atoms with Gasteiger partial charge in [-0.05, 0) is 48.6 Å². The minimum absolute atomic E-state index is 0.170. The summed E-state index contributed by atoms with van der Waals surface area (Å²) in [6.45, 7) is 0.0975. The van der Waals surface area contributed by atoms with Gasteiger partial charge in [-0.2, -0.15) is 0 Å². The molecule has 0 aliphatic heterocycles. The molecule has 1 aliphatic carbocycles. The van der Waals surface area contributed by atoms with Gasteiger partial charge in [0.25, 0.3) is 0 Å². The van der Waals surface area contributed by atoms with E-state index in [2.05, 4.69) is 5.32 Å². The molecule has 3 N–H and O–H groups in total.